The molecule has 9 heteroatoms. The van der Waals surface area contributed by atoms with Crippen LogP contribution in [0.3, 0.4) is 0 Å². The van der Waals surface area contributed by atoms with E-state index < -0.39 is 5.82 Å². The van der Waals surface area contributed by atoms with Crippen LogP contribution in [0.25, 0.3) is 5.69 Å². The first-order valence-electron chi connectivity index (χ1n) is 8.21. The van der Waals surface area contributed by atoms with Gasteiger partial charge in [0.25, 0.3) is 11.5 Å². The number of benzene rings is 1. The number of rotatable bonds is 5. The van der Waals surface area contributed by atoms with Gasteiger partial charge in [-0.25, -0.2) is 4.39 Å². The van der Waals surface area contributed by atoms with Gasteiger partial charge in [-0.3, -0.25) is 14.5 Å². The van der Waals surface area contributed by atoms with Crippen LogP contribution >= 0.6 is 12.4 Å². The summed E-state index contributed by atoms with van der Waals surface area (Å²) >= 11 is 0. The van der Waals surface area contributed by atoms with Crippen LogP contribution in [0, 0.1) is 5.82 Å². The van der Waals surface area contributed by atoms with Gasteiger partial charge in [0.15, 0.2) is 0 Å². The summed E-state index contributed by atoms with van der Waals surface area (Å²) in [6.45, 7) is 5.12. The van der Waals surface area contributed by atoms with Gasteiger partial charge < -0.3 is 10.6 Å². The Bertz CT molecular complexity index is 790. The Morgan fingerprint density at radius 2 is 1.85 bits per heavy atom. The molecule has 1 aliphatic heterocycles. The lowest BCUT2D eigenvalue weighted by atomic mass is 10.3. The molecule has 3 rings (SSSR count). The summed E-state index contributed by atoms with van der Waals surface area (Å²) in [5.74, 6) is -0.746. The summed E-state index contributed by atoms with van der Waals surface area (Å²) in [6.07, 6.45) is 0. The molecule has 0 bridgehead atoms. The van der Waals surface area contributed by atoms with Crippen molar-refractivity contribution in [2.45, 2.75) is 0 Å². The molecule has 0 aliphatic carbocycles. The van der Waals surface area contributed by atoms with Crippen molar-refractivity contribution in [2.24, 2.45) is 0 Å². The van der Waals surface area contributed by atoms with E-state index in [1.54, 1.807) is 0 Å². The highest BCUT2D eigenvalue weighted by Gasteiger charge is 2.12. The summed E-state index contributed by atoms with van der Waals surface area (Å²) in [5, 5.41) is 10.2. The number of nitrogens with zero attached hydrogens (tertiary/aromatic N) is 3. The van der Waals surface area contributed by atoms with Gasteiger partial charge in [-0.2, -0.15) is 9.78 Å². The fraction of sp³-hybridized carbons (Fsp3) is 0.353. The Morgan fingerprint density at radius 3 is 2.54 bits per heavy atom. The molecule has 140 valence electrons. The van der Waals surface area contributed by atoms with Crippen molar-refractivity contribution in [1.29, 1.82) is 0 Å². The van der Waals surface area contributed by atoms with Crippen LogP contribution in [0.5, 0.6) is 0 Å². The minimum absolute atomic E-state index is 0. The number of aromatic nitrogens is 2. The summed E-state index contributed by atoms with van der Waals surface area (Å²) in [6, 6.07) is 8.03. The molecule has 26 heavy (non-hydrogen) atoms. The first kappa shape index (κ1) is 20.0. The molecule has 1 aliphatic rings. The second kappa shape index (κ2) is 9.42. The molecule has 0 unspecified atom stereocenters. The number of amides is 1. The number of carbonyl (C=O) groups is 1. The van der Waals surface area contributed by atoms with E-state index in [-0.39, 0.29) is 29.6 Å². The van der Waals surface area contributed by atoms with Gasteiger partial charge in [-0.15, -0.1) is 12.4 Å². The Kier molecular flexibility index (Phi) is 7.26. The molecule has 0 spiro atoms. The van der Waals surface area contributed by atoms with Crippen LogP contribution in [-0.4, -0.2) is 59.9 Å². The van der Waals surface area contributed by atoms with Gasteiger partial charge >= 0.3 is 0 Å². The van der Waals surface area contributed by atoms with Crippen molar-refractivity contribution in [3.8, 4) is 5.69 Å². The maximum absolute atomic E-state index is 13.0. The van der Waals surface area contributed by atoms with E-state index in [9.17, 15) is 14.0 Å². The van der Waals surface area contributed by atoms with E-state index in [1.165, 1.54) is 36.4 Å². The zero-order chi connectivity index (χ0) is 17.6. The topological polar surface area (TPSA) is 79.3 Å². The van der Waals surface area contributed by atoms with E-state index >= 15 is 0 Å². The van der Waals surface area contributed by atoms with E-state index in [2.05, 4.69) is 20.6 Å². The fourth-order valence-corrected chi connectivity index (χ4v) is 2.65. The van der Waals surface area contributed by atoms with Crippen LogP contribution in [0.15, 0.2) is 41.2 Å². The Labute approximate surface area is 156 Å². The maximum atomic E-state index is 13.0. The zero-order valence-corrected chi connectivity index (χ0v) is 15.0. The standard InChI is InChI=1S/C17H20FN5O2.ClH/c18-13-1-3-14(4-2-13)23-16(24)6-5-15(21-23)17(25)20-9-12-22-10-7-19-8-11-22;/h1-6,19H,7-12H2,(H,20,25);1H. The van der Waals surface area contributed by atoms with Gasteiger partial charge in [-0.05, 0) is 30.3 Å². The van der Waals surface area contributed by atoms with Crippen molar-refractivity contribution >= 4 is 18.3 Å². The number of nitrogens with one attached hydrogen (secondary N) is 2. The third-order valence-electron chi connectivity index (χ3n) is 4.03. The number of piperazine rings is 1. The van der Waals surface area contributed by atoms with Crippen molar-refractivity contribution in [3.63, 3.8) is 0 Å². The van der Waals surface area contributed by atoms with E-state index in [4.69, 9.17) is 0 Å². The first-order chi connectivity index (χ1) is 12.1. The van der Waals surface area contributed by atoms with Crippen LogP contribution < -0.4 is 16.2 Å². The molecular weight excluding hydrogens is 361 g/mol. The summed E-state index contributed by atoms with van der Waals surface area (Å²) in [4.78, 5) is 26.5. The number of carbonyl (C=O) groups excluding carboxylic acids is 1. The average Bonchev–Trinajstić information content (AvgIpc) is 2.64. The molecule has 1 saturated heterocycles. The highest BCUT2D eigenvalue weighted by Crippen LogP contribution is 2.06. The number of halogens is 2. The normalized spacial score (nSPS) is 14.5. The lowest BCUT2D eigenvalue weighted by molar-refractivity contribution is 0.0940. The molecule has 1 aromatic heterocycles. The third-order valence-corrected chi connectivity index (χ3v) is 4.03. The molecule has 7 nitrogen and oxygen atoms in total. The van der Waals surface area contributed by atoms with E-state index in [1.807, 2.05) is 0 Å². The molecule has 0 radical (unpaired) electrons. The quantitative estimate of drug-likeness (QED) is 0.785. The molecule has 0 saturated carbocycles. The molecule has 0 atom stereocenters. The molecule has 2 heterocycles. The average molecular weight is 382 g/mol. The highest BCUT2D eigenvalue weighted by atomic mass is 35.5. The van der Waals surface area contributed by atoms with Crippen molar-refractivity contribution < 1.29 is 9.18 Å². The highest BCUT2D eigenvalue weighted by molar-refractivity contribution is 5.92. The Balaban J connectivity index is 0.00000243. The van der Waals surface area contributed by atoms with Crippen LogP contribution in [0.2, 0.25) is 0 Å². The van der Waals surface area contributed by atoms with Crippen molar-refractivity contribution in [2.75, 3.05) is 39.3 Å². The SMILES string of the molecule is Cl.O=C(NCCN1CCNCC1)c1ccc(=O)n(-c2ccc(F)cc2)n1. The number of hydrogen-bond donors (Lipinski definition) is 2. The zero-order valence-electron chi connectivity index (χ0n) is 14.2. The second-order valence-corrected chi connectivity index (χ2v) is 5.79. The smallest absolute Gasteiger partial charge is 0.271 e. The lowest BCUT2D eigenvalue weighted by Crippen LogP contribution is -2.46. The predicted octanol–water partition coefficient (Wildman–Crippen LogP) is 0.428. The fourth-order valence-electron chi connectivity index (χ4n) is 2.65. The van der Waals surface area contributed by atoms with Crippen LogP contribution in [0.4, 0.5) is 4.39 Å². The first-order valence-corrected chi connectivity index (χ1v) is 8.21. The second-order valence-electron chi connectivity index (χ2n) is 5.79. The molecule has 1 amide bonds. The van der Waals surface area contributed by atoms with Crippen LogP contribution in [-0.2, 0) is 0 Å². The molecule has 2 N–H and O–H groups in total. The van der Waals surface area contributed by atoms with Gasteiger partial charge in [0.05, 0.1) is 5.69 Å². The summed E-state index contributed by atoms with van der Waals surface area (Å²) in [7, 11) is 0. The minimum Gasteiger partial charge on any atom is -0.349 e. The van der Waals surface area contributed by atoms with Gasteiger partial charge in [0.1, 0.15) is 11.5 Å². The lowest BCUT2D eigenvalue weighted by Gasteiger charge is -2.27. The van der Waals surface area contributed by atoms with Crippen molar-refractivity contribution in [3.05, 3.63) is 58.3 Å². The monoisotopic (exact) mass is 381 g/mol. The van der Waals surface area contributed by atoms with Crippen LogP contribution in [0.1, 0.15) is 10.5 Å². The third kappa shape index (κ3) is 5.10. The Hall–Kier alpha value is -2.29. The largest absolute Gasteiger partial charge is 0.349 e. The maximum Gasteiger partial charge on any atom is 0.271 e. The van der Waals surface area contributed by atoms with E-state index in [0.29, 0.717) is 12.2 Å². The Morgan fingerprint density at radius 1 is 1.15 bits per heavy atom. The molecule has 1 aromatic carbocycles. The van der Waals surface area contributed by atoms with Gasteiger partial charge in [-0.1, -0.05) is 0 Å². The van der Waals surface area contributed by atoms with E-state index in [0.717, 1.165) is 37.4 Å². The molecule has 1 fully saturated rings. The van der Waals surface area contributed by atoms with Gasteiger partial charge in [0, 0.05) is 45.3 Å². The predicted molar refractivity (Wildman–Crippen MR) is 98.7 cm³/mol. The summed E-state index contributed by atoms with van der Waals surface area (Å²) in [5.41, 5.74) is 0.162. The molecule has 2 aromatic rings. The van der Waals surface area contributed by atoms with Gasteiger partial charge in [0.2, 0.25) is 0 Å². The van der Waals surface area contributed by atoms with Crippen molar-refractivity contribution in [1.82, 2.24) is 25.3 Å². The minimum atomic E-state index is -0.404. The molecular formula is C17H21ClFN5O2. The summed E-state index contributed by atoms with van der Waals surface area (Å²) < 4.78 is 14.1. The number of hydrogen-bond acceptors (Lipinski definition) is 5.